The van der Waals surface area contributed by atoms with Crippen molar-refractivity contribution in [2.45, 2.75) is 33.6 Å². The van der Waals surface area contributed by atoms with Crippen LogP contribution in [0.25, 0.3) is 0 Å². The average Bonchev–Trinajstić information content (AvgIpc) is 3.00. The lowest BCUT2D eigenvalue weighted by Gasteiger charge is -2.24. The predicted octanol–water partition coefficient (Wildman–Crippen LogP) is 1.80. The van der Waals surface area contributed by atoms with Gasteiger partial charge in [0.05, 0.1) is 13.2 Å². The van der Waals surface area contributed by atoms with Gasteiger partial charge in [-0.3, -0.25) is 9.79 Å². The second-order valence-electron chi connectivity index (χ2n) is 5.66. The molecule has 6 nitrogen and oxygen atoms in total. The van der Waals surface area contributed by atoms with E-state index in [1.807, 2.05) is 25.8 Å². The molecule has 0 aromatic carbocycles. The summed E-state index contributed by atoms with van der Waals surface area (Å²) in [5, 5.41) is 3.30. The number of rotatable bonds is 8. The van der Waals surface area contributed by atoms with Crippen molar-refractivity contribution in [2.75, 3.05) is 53.0 Å². The Bertz CT molecular complexity index is 356. The van der Waals surface area contributed by atoms with Gasteiger partial charge in [0.2, 0.25) is 5.91 Å². The molecule has 0 aromatic heterocycles. The third kappa shape index (κ3) is 8.19. The number of hydrogen-bond acceptors (Lipinski definition) is 3. The van der Waals surface area contributed by atoms with Crippen LogP contribution in [0.3, 0.4) is 0 Å². The van der Waals surface area contributed by atoms with Gasteiger partial charge in [0, 0.05) is 52.2 Å². The van der Waals surface area contributed by atoms with Crippen LogP contribution in [0, 0.1) is 5.92 Å². The van der Waals surface area contributed by atoms with Crippen LogP contribution in [0.2, 0.25) is 0 Å². The van der Waals surface area contributed by atoms with Gasteiger partial charge in [-0.15, -0.1) is 24.0 Å². The van der Waals surface area contributed by atoms with E-state index in [-0.39, 0.29) is 29.9 Å². The first kappa shape index (κ1) is 22.4. The van der Waals surface area contributed by atoms with Crippen molar-refractivity contribution in [3.63, 3.8) is 0 Å². The van der Waals surface area contributed by atoms with Gasteiger partial charge in [-0.2, -0.15) is 0 Å². The smallest absolute Gasteiger partial charge is 0.224 e. The van der Waals surface area contributed by atoms with E-state index < -0.39 is 0 Å². The van der Waals surface area contributed by atoms with Crippen LogP contribution in [0.5, 0.6) is 0 Å². The molecule has 1 atom stereocenters. The van der Waals surface area contributed by atoms with Gasteiger partial charge >= 0.3 is 0 Å². The molecule has 136 valence electrons. The van der Waals surface area contributed by atoms with E-state index in [1.165, 1.54) is 0 Å². The Hall–Kier alpha value is -0.570. The van der Waals surface area contributed by atoms with E-state index in [0.29, 0.717) is 18.9 Å². The Morgan fingerprint density at radius 1 is 1.30 bits per heavy atom. The Kier molecular flexibility index (Phi) is 12.5. The summed E-state index contributed by atoms with van der Waals surface area (Å²) in [6.45, 7) is 11.6. The fourth-order valence-electron chi connectivity index (χ4n) is 2.66. The molecular formula is C16H33IN4O2. The summed E-state index contributed by atoms with van der Waals surface area (Å²) in [6.07, 6.45) is 1.58. The number of guanidine groups is 1. The van der Waals surface area contributed by atoms with Crippen molar-refractivity contribution >= 4 is 35.8 Å². The molecule has 0 bridgehead atoms. The van der Waals surface area contributed by atoms with E-state index in [4.69, 9.17) is 4.74 Å². The highest BCUT2D eigenvalue weighted by Gasteiger charge is 2.19. The quantitative estimate of drug-likeness (QED) is 0.355. The van der Waals surface area contributed by atoms with Crippen LogP contribution in [0.15, 0.2) is 4.99 Å². The van der Waals surface area contributed by atoms with Crippen LogP contribution in [-0.4, -0.2) is 74.7 Å². The predicted molar refractivity (Wildman–Crippen MR) is 105 cm³/mol. The molecule has 0 aromatic rings. The largest absolute Gasteiger partial charge is 0.381 e. The first-order valence-electron chi connectivity index (χ1n) is 8.47. The summed E-state index contributed by atoms with van der Waals surface area (Å²) in [5.74, 6) is 1.63. The van der Waals surface area contributed by atoms with Crippen LogP contribution < -0.4 is 5.32 Å². The second-order valence-corrected chi connectivity index (χ2v) is 5.66. The number of ether oxygens (including phenoxy) is 1. The van der Waals surface area contributed by atoms with Crippen LogP contribution >= 0.6 is 24.0 Å². The average molecular weight is 440 g/mol. The lowest BCUT2D eigenvalue weighted by atomic mass is 10.1. The number of carbonyl (C=O) groups is 1. The maximum absolute atomic E-state index is 12.0. The molecule has 1 N–H and O–H groups in total. The van der Waals surface area contributed by atoms with E-state index >= 15 is 0 Å². The van der Waals surface area contributed by atoms with E-state index in [2.05, 4.69) is 22.1 Å². The first-order valence-corrected chi connectivity index (χ1v) is 8.47. The van der Waals surface area contributed by atoms with Crippen LogP contribution in [0.4, 0.5) is 0 Å². The summed E-state index contributed by atoms with van der Waals surface area (Å²) in [4.78, 5) is 20.6. The minimum atomic E-state index is 0. The monoisotopic (exact) mass is 440 g/mol. The summed E-state index contributed by atoms with van der Waals surface area (Å²) >= 11 is 0. The minimum absolute atomic E-state index is 0. The third-order valence-electron chi connectivity index (χ3n) is 3.96. The second kappa shape index (κ2) is 12.8. The van der Waals surface area contributed by atoms with Crippen molar-refractivity contribution in [1.82, 2.24) is 15.1 Å². The zero-order chi connectivity index (χ0) is 16.4. The Morgan fingerprint density at radius 3 is 2.52 bits per heavy atom. The van der Waals surface area contributed by atoms with Crippen molar-refractivity contribution in [3.05, 3.63) is 0 Å². The molecule has 1 aliphatic rings. The lowest BCUT2D eigenvalue weighted by molar-refractivity contribution is -0.130. The van der Waals surface area contributed by atoms with Gasteiger partial charge in [-0.05, 0) is 27.2 Å². The molecule has 1 saturated heterocycles. The Balaban J connectivity index is 0.00000484. The zero-order valence-electron chi connectivity index (χ0n) is 15.0. The van der Waals surface area contributed by atoms with E-state index in [0.717, 1.165) is 51.8 Å². The molecule has 1 amide bonds. The van der Waals surface area contributed by atoms with Crippen molar-refractivity contribution in [3.8, 4) is 0 Å². The SMILES string of the molecule is CCNC(=NCCC(=O)N(CC)CC)N(C)CC1CCOC1.I. The summed E-state index contributed by atoms with van der Waals surface area (Å²) in [5.41, 5.74) is 0. The van der Waals surface area contributed by atoms with Crippen molar-refractivity contribution in [1.29, 1.82) is 0 Å². The van der Waals surface area contributed by atoms with Gasteiger partial charge in [0.1, 0.15) is 0 Å². The number of hydrogen-bond donors (Lipinski definition) is 1. The minimum Gasteiger partial charge on any atom is -0.381 e. The van der Waals surface area contributed by atoms with Crippen molar-refractivity contribution in [2.24, 2.45) is 10.9 Å². The number of nitrogens with one attached hydrogen (secondary N) is 1. The molecule has 0 aliphatic carbocycles. The van der Waals surface area contributed by atoms with Gasteiger partial charge < -0.3 is 19.9 Å². The number of carbonyl (C=O) groups excluding carboxylic acids is 1. The van der Waals surface area contributed by atoms with Gasteiger partial charge in [0.25, 0.3) is 0 Å². The fourth-order valence-corrected chi connectivity index (χ4v) is 2.66. The van der Waals surface area contributed by atoms with E-state index in [1.54, 1.807) is 0 Å². The van der Waals surface area contributed by atoms with Crippen LogP contribution in [0.1, 0.15) is 33.6 Å². The molecule has 0 radical (unpaired) electrons. The number of aliphatic imine (C=N–C) groups is 1. The highest BCUT2D eigenvalue weighted by atomic mass is 127. The van der Waals surface area contributed by atoms with Gasteiger partial charge in [0.15, 0.2) is 5.96 Å². The molecule has 1 rings (SSSR count). The maximum atomic E-state index is 12.0. The number of halogens is 1. The highest BCUT2D eigenvalue weighted by Crippen LogP contribution is 2.13. The highest BCUT2D eigenvalue weighted by molar-refractivity contribution is 14.0. The molecule has 7 heteroatoms. The summed E-state index contributed by atoms with van der Waals surface area (Å²) in [7, 11) is 2.05. The maximum Gasteiger partial charge on any atom is 0.224 e. The molecule has 0 saturated carbocycles. The molecule has 1 fully saturated rings. The Labute approximate surface area is 158 Å². The first-order chi connectivity index (χ1) is 10.6. The molecular weight excluding hydrogens is 407 g/mol. The fraction of sp³-hybridized carbons (Fsp3) is 0.875. The van der Waals surface area contributed by atoms with Crippen LogP contribution in [-0.2, 0) is 9.53 Å². The Morgan fingerprint density at radius 2 is 2.00 bits per heavy atom. The number of nitrogens with zero attached hydrogens (tertiary/aromatic N) is 3. The topological polar surface area (TPSA) is 57.2 Å². The standard InChI is InChI=1S/C16H32N4O2.HI/c1-5-17-16(19(4)12-14-9-11-22-13-14)18-10-8-15(21)20(6-2)7-3;/h14H,5-13H2,1-4H3,(H,17,18);1H. The molecule has 1 unspecified atom stereocenters. The van der Waals surface area contributed by atoms with Gasteiger partial charge in [-0.25, -0.2) is 0 Å². The number of amides is 1. The normalized spacial score (nSPS) is 17.6. The molecule has 1 heterocycles. The lowest BCUT2D eigenvalue weighted by Crippen LogP contribution is -2.41. The third-order valence-corrected chi connectivity index (χ3v) is 3.96. The molecule has 1 aliphatic heterocycles. The molecule has 0 spiro atoms. The zero-order valence-corrected chi connectivity index (χ0v) is 17.3. The summed E-state index contributed by atoms with van der Waals surface area (Å²) in [6, 6.07) is 0. The van der Waals surface area contributed by atoms with Crippen molar-refractivity contribution < 1.29 is 9.53 Å². The summed E-state index contributed by atoms with van der Waals surface area (Å²) < 4.78 is 5.42. The molecule has 23 heavy (non-hydrogen) atoms. The van der Waals surface area contributed by atoms with Gasteiger partial charge in [-0.1, -0.05) is 0 Å². The van der Waals surface area contributed by atoms with E-state index in [9.17, 15) is 4.79 Å².